The first-order chi connectivity index (χ1) is 8.09. The highest BCUT2D eigenvalue weighted by molar-refractivity contribution is 8.07. The molecule has 0 bridgehead atoms. The Kier molecular flexibility index (Phi) is 4.39. The fourth-order valence-corrected chi connectivity index (χ4v) is 5.06. The number of hydrogen-bond acceptors (Lipinski definition) is 3. The SMILES string of the molecule is Cc1ccc(F)cc1C(N)C1SCCSC1C. The molecule has 0 aromatic heterocycles. The van der Waals surface area contributed by atoms with Crippen LogP contribution in [0.1, 0.15) is 24.1 Å². The molecule has 1 aliphatic heterocycles. The molecule has 2 N–H and O–H groups in total. The zero-order valence-electron chi connectivity index (χ0n) is 10.2. The largest absolute Gasteiger partial charge is 0.323 e. The molecule has 94 valence electrons. The van der Waals surface area contributed by atoms with E-state index in [0.717, 1.165) is 16.9 Å². The first-order valence-corrected chi connectivity index (χ1v) is 7.94. The molecule has 1 saturated heterocycles. The van der Waals surface area contributed by atoms with E-state index < -0.39 is 0 Å². The van der Waals surface area contributed by atoms with E-state index in [9.17, 15) is 4.39 Å². The first kappa shape index (κ1) is 13.2. The van der Waals surface area contributed by atoms with Crippen LogP contribution in [0.25, 0.3) is 0 Å². The van der Waals surface area contributed by atoms with Crippen molar-refractivity contribution < 1.29 is 4.39 Å². The lowest BCUT2D eigenvalue weighted by Crippen LogP contribution is -2.34. The van der Waals surface area contributed by atoms with Crippen LogP contribution in [-0.4, -0.2) is 22.0 Å². The first-order valence-electron chi connectivity index (χ1n) is 5.84. The van der Waals surface area contributed by atoms with Crippen LogP contribution in [0, 0.1) is 12.7 Å². The van der Waals surface area contributed by atoms with Crippen molar-refractivity contribution in [1.29, 1.82) is 0 Å². The summed E-state index contributed by atoms with van der Waals surface area (Å²) in [5.74, 6) is 2.14. The number of thioether (sulfide) groups is 2. The third-order valence-corrected chi connectivity index (χ3v) is 6.41. The molecular weight excluding hydrogens is 253 g/mol. The van der Waals surface area contributed by atoms with Crippen molar-refractivity contribution in [3.8, 4) is 0 Å². The van der Waals surface area contributed by atoms with Gasteiger partial charge in [0.05, 0.1) is 0 Å². The van der Waals surface area contributed by atoms with E-state index in [1.807, 2.05) is 36.5 Å². The normalized spacial score (nSPS) is 26.8. The van der Waals surface area contributed by atoms with Gasteiger partial charge >= 0.3 is 0 Å². The summed E-state index contributed by atoms with van der Waals surface area (Å²) in [6.45, 7) is 4.22. The van der Waals surface area contributed by atoms with Crippen LogP contribution in [0.15, 0.2) is 18.2 Å². The van der Waals surface area contributed by atoms with Gasteiger partial charge < -0.3 is 5.73 Å². The van der Waals surface area contributed by atoms with Gasteiger partial charge in [0, 0.05) is 28.0 Å². The van der Waals surface area contributed by atoms with Crippen LogP contribution in [0.2, 0.25) is 0 Å². The summed E-state index contributed by atoms with van der Waals surface area (Å²) in [7, 11) is 0. The predicted octanol–water partition coefficient (Wildman–Crippen LogP) is 3.37. The van der Waals surface area contributed by atoms with Gasteiger partial charge in [-0.05, 0) is 30.2 Å². The third-order valence-electron chi connectivity index (χ3n) is 3.19. The summed E-state index contributed by atoms with van der Waals surface area (Å²) in [4.78, 5) is 0. The summed E-state index contributed by atoms with van der Waals surface area (Å²) in [6, 6.07) is 4.83. The van der Waals surface area contributed by atoms with Crippen LogP contribution in [-0.2, 0) is 0 Å². The van der Waals surface area contributed by atoms with Gasteiger partial charge in [-0.25, -0.2) is 4.39 Å². The summed E-state index contributed by atoms with van der Waals surface area (Å²) >= 11 is 3.89. The van der Waals surface area contributed by atoms with Crippen LogP contribution < -0.4 is 5.73 Å². The molecule has 4 heteroatoms. The lowest BCUT2D eigenvalue weighted by Gasteiger charge is -2.33. The van der Waals surface area contributed by atoms with Crippen molar-refractivity contribution in [2.24, 2.45) is 5.73 Å². The molecule has 0 aliphatic carbocycles. The molecule has 0 saturated carbocycles. The number of hydrogen-bond donors (Lipinski definition) is 1. The third kappa shape index (κ3) is 2.98. The Hall–Kier alpha value is -0.190. The number of rotatable bonds is 2. The van der Waals surface area contributed by atoms with E-state index in [2.05, 4.69) is 6.92 Å². The minimum absolute atomic E-state index is 0.0708. The smallest absolute Gasteiger partial charge is 0.123 e. The molecule has 0 amide bonds. The summed E-state index contributed by atoms with van der Waals surface area (Å²) in [5.41, 5.74) is 8.37. The molecular formula is C13H18FNS2. The monoisotopic (exact) mass is 271 g/mol. The number of nitrogens with two attached hydrogens (primary N) is 1. The molecule has 3 atom stereocenters. The second-order valence-electron chi connectivity index (χ2n) is 4.44. The molecule has 17 heavy (non-hydrogen) atoms. The molecule has 0 spiro atoms. The Balaban J connectivity index is 2.23. The van der Waals surface area contributed by atoms with Crippen molar-refractivity contribution in [2.75, 3.05) is 11.5 Å². The van der Waals surface area contributed by atoms with E-state index in [1.165, 1.54) is 11.8 Å². The summed E-state index contributed by atoms with van der Waals surface area (Å²) in [6.07, 6.45) is 0. The summed E-state index contributed by atoms with van der Waals surface area (Å²) < 4.78 is 13.3. The second-order valence-corrected chi connectivity index (χ2v) is 7.21. The van der Waals surface area contributed by atoms with Gasteiger partial charge in [-0.15, -0.1) is 0 Å². The van der Waals surface area contributed by atoms with Gasteiger partial charge in [0.2, 0.25) is 0 Å². The van der Waals surface area contributed by atoms with Gasteiger partial charge in [0.15, 0.2) is 0 Å². The number of aryl methyl sites for hydroxylation is 1. The maximum absolute atomic E-state index is 13.3. The molecule has 1 heterocycles. The van der Waals surface area contributed by atoms with Crippen molar-refractivity contribution in [1.82, 2.24) is 0 Å². The Labute approximate surface area is 111 Å². The number of benzene rings is 1. The molecule has 1 aromatic carbocycles. The van der Waals surface area contributed by atoms with Gasteiger partial charge in [0.1, 0.15) is 5.82 Å². The van der Waals surface area contributed by atoms with Crippen LogP contribution in [0.4, 0.5) is 4.39 Å². The lowest BCUT2D eigenvalue weighted by molar-refractivity contribution is 0.610. The number of halogens is 1. The molecule has 1 aromatic rings. The highest BCUT2D eigenvalue weighted by Crippen LogP contribution is 2.38. The van der Waals surface area contributed by atoms with Crippen molar-refractivity contribution in [2.45, 2.75) is 30.4 Å². The molecule has 1 nitrogen and oxygen atoms in total. The molecule has 1 aliphatic rings. The van der Waals surface area contributed by atoms with E-state index in [-0.39, 0.29) is 11.9 Å². The van der Waals surface area contributed by atoms with Crippen molar-refractivity contribution >= 4 is 23.5 Å². The Morgan fingerprint density at radius 1 is 1.35 bits per heavy atom. The van der Waals surface area contributed by atoms with Gasteiger partial charge in [0.25, 0.3) is 0 Å². The quantitative estimate of drug-likeness (QED) is 0.893. The van der Waals surface area contributed by atoms with Crippen LogP contribution in [0.5, 0.6) is 0 Å². The lowest BCUT2D eigenvalue weighted by atomic mass is 9.98. The highest BCUT2D eigenvalue weighted by Gasteiger charge is 2.29. The minimum Gasteiger partial charge on any atom is -0.323 e. The molecule has 0 radical (unpaired) electrons. The Morgan fingerprint density at radius 2 is 2.06 bits per heavy atom. The average Bonchev–Trinajstić information content (AvgIpc) is 2.32. The van der Waals surface area contributed by atoms with E-state index >= 15 is 0 Å². The maximum atomic E-state index is 13.3. The van der Waals surface area contributed by atoms with E-state index in [0.29, 0.717) is 10.5 Å². The molecule has 3 unspecified atom stereocenters. The van der Waals surface area contributed by atoms with Crippen LogP contribution in [0.3, 0.4) is 0 Å². The van der Waals surface area contributed by atoms with Crippen molar-refractivity contribution in [3.05, 3.63) is 35.1 Å². The van der Waals surface area contributed by atoms with E-state index in [4.69, 9.17) is 5.73 Å². The molecule has 2 rings (SSSR count). The fourth-order valence-electron chi connectivity index (χ4n) is 2.19. The van der Waals surface area contributed by atoms with Crippen molar-refractivity contribution in [3.63, 3.8) is 0 Å². The summed E-state index contributed by atoms with van der Waals surface area (Å²) in [5, 5.41) is 0.917. The Bertz CT molecular complexity index is 397. The maximum Gasteiger partial charge on any atom is 0.123 e. The topological polar surface area (TPSA) is 26.0 Å². The van der Waals surface area contributed by atoms with Crippen LogP contribution >= 0.6 is 23.5 Å². The fraction of sp³-hybridized carbons (Fsp3) is 0.538. The zero-order valence-corrected chi connectivity index (χ0v) is 11.8. The zero-order chi connectivity index (χ0) is 12.4. The average molecular weight is 271 g/mol. The second kappa shape index (κ2) is 5.63. The predicted molar refractivity (Wildman–Crippen MR) is 76.2 cm³/mol. The van der Waals surface area contributed by atoms with E-state index in [1.54, 1.807) is 6.07 Å². The molecule has 1 fully saturated rings. The van der Waals surface area contributed by atoms with Gasteiger partial charge in [-0.2, -0.15) is 23.5 Å². The van der Waals surface area contributed by atoms with Gasteiger partial charge in [-0.3, -0.25) is 0 Å². The Morgan fingerprint density at radius 3 is 2.76 bits per heavy atom. The minimum atomic E-state index is -0.192. The van der Waals surface area contributed by atoms with Gasteiger partial charge in [-0.1, -0.05) is 13.0 Å². The standard InChI is InChI=1S/C13H18FNS2/c1-8-3-4-10(14)7-11(8)12(15)13-9(2)16-5-6-17-13/h3-4,7,9,12-13H,5-6,15H2,1-2H3. The highest BCUT2D eigenvalue weighted by atomic mass is 32.2.